The highest BCUT2D eigenvalue weighted by molar-refractivity contribution is 6.29. The van der Waals surface area contributed by atoms with Crippen molar-refractivity contribution in [3.8, 4) is 11.4 Å². The van der Waals surface area contributed by atoms with Crippen LogP contribution in [-0.4, -0.2) is 69.2 Å². The van der Waals surface area contributed by atoms with Crippen LogP contribution in [0.25, 0.3) is 11.4 Å². The first-order valence-electron chi connectivity index (χ1n) is 9.67. The van der Waals surface area contributed by atoms with Gasteiger partial charge in [-0.15, -0.1) is 0 Å². The lowest BCUT2D eigenvalue weighted by Crippen LogP contribution is -2.51. The number of aromatic nitrogens is 3. The van der Waals surface area contributed by atoms with Gasteiger partial charge in [-0.05, 0) is 36.8 Å². The first-order chi connectivity index (χ1) is 14.7. The summed E-state index contributed by atoms with van der Waals surface area (Å²) in [4.78, 5) is 52.7. The van der Waals surface area contributed by atoms with Crippen LogP contribution >= 0.6 is 11.6 Å². The Bertz CT molecular complexity index is 1060. The van der Waals surface area contributed by atoms with E-state index in [4.69, 9.17) is 11.6 Å². The van der Waals surface area contributed by atoms with Gasteiger partial charge in [0.15, 0.2) is 0 Å². The van der Waals surface area contributed by atoms with Crippen molar-refractivity contribution in [3.05, 3.63) is 53.1 Å². The number of hydrogen-bond donors (Lipinski definition) is 1. The fourth-order valence-corrected chi connectivity index (χ4v) is 3.78. The van der Waals surface area contributed by atoms with Crippen molar-refractivity contribution in [3.63, 3.8) is 0 Å². The van der Waals surface area contributed by atoms with E-state index in [1.165, 1.54) is 26.1 Å². The minimum atomic E-state index is -0.407. The van der Waals surface area contributed by atoms with Gasteiger partial charge in [-0.1, -0.05) is 18.2 Å². The molecule has 3 amide bonds. The maximum absolute atomic E-state index is 12.3. The normalized spacial score (nSPS) is 16.1. The molecule has 0 radical (unpaired) electrons. The molecule has 9 nitrogen and oxygen atoms in total. The molecule has 0 aliphatic carbocycles. The number of pyridine rings is 1. The van der Waals surface area contributed by atoms with Crippen LogP contribution in [0.15, 0.2) is 30.9 Å². The number of amides is 3. The Hall–Kier alpha value is -3.33. The molecule has 0 spiro atoms. The molecule has 1 fully saturated rings. The van der Waals surface area contributed by atoms with Crippen molar-refractivity contribution in [2.45, 2.75) is 19.9 Å². The Morgan fingerprint density at radius 1 is 1.16 bits per heavy atom. The van der Waals surface area contributed by atoms with Crippen LogP contribution in [0.1, 0.15) is 34.8 Å². The molecule has 1 atom stereocenters. The molecular formula is C21H23ClN6O3. The van der Waals surface area contributed by atoms with Gasteiger partial charge in [-0.25, -0.2) is 15.0 Å². The molecule has 3 rings (SSSR count). The second-order valence-electron chi connectivity index (χ2n) is 7.09. The third-order valence-corrected chi connectivity index (χ3v) is 5.23. The second-order valence-corrected chi connectivity index (χ2v) is 7.48. The molecule has 0 bridgehead atoms. The molecule has 162 valence electrons. The van der Waals surface area contributed by atoms with Crippen LogP contribution in [0.2, 0.25) is 5.15 Å². The number of piperazine rings is 1. The molecule has 1 aliphatic heterocycles. The average Bonchev–Trinajstić information content (AvgIpc) is 2.76. The Balaban J connectivity index is 2.06. The molecule has 10 heteroatoms. The summed E-state index contributed by atoms with van der Waals surface area (Å²) >= 11 is 6.31. The van der Waals surface area contributed by atoms with Crippen LogP contribution in [0.5, 0.6) is 0 Å². The predicted molar refractivity (Wildman–Crippen MR) is 115 cm³/mol. The number of carbonyl (C=O) groups excluding carboxylic acids is 3. The van der Waals surface area contributed by atoms with E-state index in [2.05, 4.69) is 26.8 Å². The standard InChI is InChI=1S/C21H23ClN6O3/c1-5-20(30)27-6-7-28(13(3)29)18(11-27)14-8-15(26-19(22)9-14)16-10-17(21(31)23-4)25-12(2)24-16/h5,8-10,18H,1,6-7,11H2,2-4H3,(H,23,31)/t18-/m0/s1. The Labute approximate surface area is 185 Å². The van der Waals surface area contributed by atoms with E-state index < -0.39 is 6.04 Å². The van der Waals surface area contributed by atoms with E-state index in [-0.39, 0.29) is 28.6 Å². The summed E-state index contributed by atoms with van der Waals surface area (Å²) < 4.78 is 0. The number of hydrogen-bond acceptors (Lipinski definition) is 6. The fraction of sp³-hybridized carbons (Fsp3) is 0.333. The van der Waals surface area contributed by atoms with Crippen molar-refractivity contribution in [2.75, 3.05) is 26.7 Å². The largest absolute Gasteiger partial charge is 0.354 e. The van der Waals surface area contributed by atoms with Crippen LogP contribution in [-0.2, 0) is 9.59 Å². The van der Waals surface area contributed by atoms with Gasteiger partial charge in [0, 0.05) is 33.6 Å². The third kappa shape index (κ3) is 4.88. The maximum Gasteiger partial charge on any atom is 0.269 e. The number of halogens is 1. The van der Waals surface area contributed by atoms with Gasteiger partial charge in [0.05, 0.1) is 17.4 Å². The van der Waals surface area contributed by atoms with Crippen LogP contribution in [0, 0.1) is 6.92 Å². The molecule has 0 saturated carbocycles. The molecule has 2 aromatic rings. The molecule has 1 aliphatic rings. The van der Waals surface area contributed by atoms with Gasteiger partial charge in [0.25, 0.3) is 5.91 Å². The van der Waals surface area contributed by atoms with Gasteiger partial charge in [0.2, 0.25) is 11.8 Å². The van der Waals surface area contributed by atoms with Crippen molar-refractivity contribution >= 4 is 29.3 Å². The summed E-state index contributed by atoms with van der Waals surface area (Å²) in [6.45, 7) is 7.83. The minimum absolute atomic E-state index is 0.107. The van der Waals surface area contributed by atoms with Crippen molar-refractivity contribution in [1.29, 1.82) is 0 Å². The number of aryl methyl sites for hydroxylation is 1. The maximum atomic E-state index is 12.3. The van der Waals surface area contributed by atoms with Gasteiger partial charge >= 0.3 is 0 Å². The summed E-state index contributed by atoms with van der Waals surface area (Å²) in [5, 5.41) is 2.74. The lowest BCUT2D eigenvalue weighted by atomic mass is 10.0. The molecule has 1 saturated heterocycles. The first kappa shape index (κ1) is 22.4. The zero-order chi connectivity index (χ0) is 22.7. The first-order valence-corrected chi connectivity index (χ1v) is 10.1. The van der Waals surface area contributed by atoms with E-state index >= 15 is 0 Å². The topological polar surface area (TPSA) is 108 Å². The number of nitrogens with zero attached hydrogens (tertiary/aromatic N) is 5. The number of carbonyl (C=O) groups is 3. The van der Waals surface area contributed by atoms with Crippen LogP contribution in [0.3, 0.4) is 0 Å². The number of nitrogens with one attached hydrogen (secondary N) is 1. The molecule has 31 heavy (non-hydrogen) atoms. The summed E-state index contributed by atoms with van der Waals surface area (Å²) in [6.07, 6.45) is 1.26. The smallest absolute Gasteiger partial charge is 0.269 e. The van der Waals surface area contributed by atoms with Gasteiger partial charge < -0.3 is 15.1 Å². The zero-order valence-electron chi connectivity index (χ0n) is 17.6. The lowest BCUT2D eigenvalue weighted by molar-refractivity contribution is -0.139. The Morgan fingerprint density at radius 3 is 2.52 bits per heavy atom. The van der Waals surface area contributed by atoms with E-state index in [1.807, 2.05) is 0 Å². The fourth-order valence-electron chi connectivity index (χ4n) is 3.56. The highest BCUT2D eigenvalue weighted by Gasteiger charge is 2.32. The van der Waals surface area contributed by atoms with E-state index in [1.54, 1.807) is 28.9 Å². The monoisotopic (exact) mass is 442 g/mol. The lowest BCUT2D eigenvalue weighted by Gasteiger charge is -2.41. The molecule has 3 heterocycles. The molecular weight excluding hydrogens is 420 g/mol. The summed E-state index contributed by atoms with van der Waals surface area (Å²) in [5.41, 5.74) is 1.79. The average molecular weight is 443 g/mol. The minimum Gasteiger partial charge on any atom is -0.354 e. The SMILES string of the molecule is C=CC(=O)N1CCN(C(C)=O)[C@H](c2cc(Cl)nc(-c3cc(C(=O)NC)nc(C)n3)c2)C1. The zero-order valence-corrected chi connectivity index (χ0v) is 18.3. The predicted octanol–water partition coefficient (Wildman–Crippen LogP) is 1.78. The summed E-state index contributed by atoms with van der Waals surface area (Å²) in [6, 6.07) is 4.56. The number of rotatable bonds is 4. The van der Waals surface area contributed by atoms with Crippen LogP contribution < -0.4 is 5.32 Å². The Morgan fingerprint density at radius 2 is 1.87 bits per heavy atom. The third-order valence-electron chi connectivity index (χ3n) is 5.03. The highest BCUT2D eigenvalue weighted by atomic mass is 35.5. The molecule has 1 N–H and O–H groups in total. The van der Waals surface area contributed by atoms with Gasteiger partial charge in [-0.3, -0.25) is 14.4 Å². The second kappa shape index (κ2) is 9.22. The summed E-state index contributed by atoms with van der Waals surface area (Å²) in [5.74, 6) is -0.243. The van der Waals surface area contributed by atoms with E-state index in [0.717, 1.165) is 0 Å². The highest BCUT2D eigenvalue weighted by Crippen LogP contribution is 2.30. The van der Waals surface area contributed by atoms with Crippen molar-refractivity contribution < 1.29 is 14.4 Å². The Kier molecular flexibility index (Phi) is 6.65. The molecule has 0 aromatic carbocycles. The summed E-state index contributed by atoms with van der Waals surface area (Å²) in [7, 11) is 1.52. The van der Waals surface area contributed by atoms with Crippen LogP contribution in [0.4, 0.5) is 0 Å². The van der Waals surface area contributed by atoms with E-state index in [9.17, 15) is 14.4 Å². The van der Waals surface area contributed by atoms with Gasteiger partial charge in [-0.2, -0.15) is 0 Å². The van der Waals surface area contributed by atoms with Crippen molar-refractivity contribution in [2.24, 2.45) is 0 Å². The molecule has 2 aromatic heterocycles. The molecule has 0 unspecified atom stereocenters. The van der Waals surface area contributed by atoms with Crippen molar-refractivity contribution in [1.82, 2.24) is 30.1 Å². The van der Waals surface area contributed by atoms with E-state index in [0.29, 0.717) is 42.4 Å². The quantitative estimate of drug-likeness (QED) is 0.571. The van der Waals surface area contributed by atoms with Gasteiger partial charge in [0.1, 0.15) is 16.7 Å².